The van der Waals surface area contributed by atoms with E-state index in [4.69, 9.17) is 5.73 Å². The summed E-state index contributed by atoms with van der Waals surface area (Å²) in [6.45, 7) is 1.35. The van der Waals surface area contributed by atoms with E-state index in [-0.39, 0.29) is 30.6 Å². The molecular formula is C27H30ClF7N4O2. The average Bonchev–Trinajstić information content (AvgIpc) is 3.26. The van der Waals surface area contributed by atoms with Gasteiger partial charge in [-0.25, -0.2) is 9.18 Å². The molecule has 3 amide bonds. The molecule has 2 saturated heterocycles. The summed E-state index contributed by atoms with van der Waals surface area (Å²) in [4.78, 5) is 28.0. The zero-order chi connectivity index (χ0) is 29.6. The number of likely N-dealkylation sites (tertiary alicyclic amines) is 1. The van der Waals surface area contributed by atoms with Crippen molar-refractivity contribution < 1.29 is 40.3 Å². The van der Waals surface area contributed by atoms with Gasteiger partial charge >= 0.3 is 18.4 Å². The van der Waals surface area contributed by atoms with E-state index in [0.29, 0.717) is 48.9 Å². The molecule has 3 N–H and O–H groups in total. The highest BCUT2D eigenvalue weighted by Gasteiger charge is 2.48. The number of carbonyl (C=O) groups excluding carboxylic acids is 2. The summed E-state index contributed by atoms with van der Waals surface area (Å²) < 4.78 is 93.9. The van der Waals surface area contributed by atoms with Gasteiger partial charge in [0, 0.05) is 25.7 Å². The SMILES string of the molecule is Cc1cc(F)ccc1C1CC2(CCC(C(N)=O)N2)CCN1C(=O)N(C)Cc1cc(C(F)(F)F)cc(C(F)(F)F)c1.Cl. The van der Waals surface area contributed by atoms with E-state index in [1.165, 1.54) is 24.1 Å². The molecule has 4 rings (SSSR count). The molecule has 14 heteroatoms. The van der Waals surface area contributed by atoms with Crippen LogP contribution < -0.4 is 11.1 Å². The highest BCUT2D eigenvalue weighted by Crippen LogP contribution is 2.44. The van der Waals surface area contributed by atoms with E-state index in [9.17, 15) is 40.3 Å². The van der Waals surface area contributed by atoms with Gasteiger partial charge in [0.15, 0.2) is 0 Å². The smallest absolute Gasteiger partial charge is 0.368 e. The van der Waals surface area contributed by atoms with Crippen molar-refractivity contribution in [2.75, 3.05) is 13.6 Å². The molecule has 1 spiro atoms. The number of alkyl halides is 6. The topological polar surface area (TPSA) is 78.7 Å². The first-order valence-electron chi connectivity index (χ1n) is 12.6. The van der Waals surface area contributed by atoms with Crippen LogP contribution in [0, 0.1) is 12.7 Å². The van der Waals surface area contributed by atoms with Crippen LogP contribution >= 0.6 is 12.4 Å². The van der Waals surface area contributed by atoms with E-state index >= 15 is 0 Å². The number of urea groups is 1. The van der Waals surface area contributed by atoms with Gasteiger partial charge in [0.25, 0.3) is 0 Å². The molecule has 2 aliphatic heterocycles. The fraction of sp³-hybridized carbons (Fsp3) is 0.481. The molecule has 3 unspecified atom stereocenters. The number of nitrogens with one attached hydrogen (secondary N) is 1. The van der Waals surface area contributed by atoms with Crippen LogP contribution in [-0.4, -0.2) is 46.9 Å². The molecule has 41 heavy (non-hydrogen) atoms. The van der Waals surface area contributed by atoms with Crippen LogP contribution in [0.25, 0.3) is 0 Å². The molecule has 0 aliphatic carbocycles. The van der Waals surface area contributed by atoms with Gasteiger partial charge in [-0.15, -0.1) is 12.4 Å². The molecule has 2 aromatic rings. The van der Waals surface area contributed by atoms with E-state index < -0.39 is 65.4 Å². The van der Waals surface area contributed by atoms with Crippen molar-refractivity contribution >= 4 is 24.3 Å². The Labute approximate surface area is 238 Å². The number of piperidine rings is 1. The summed E-state index contributed by atoms with van der Waals surface area (Å²) in [7, 11) is 1.30. The van der Waals surface area contributed by atoms with Crippen molar-refractivity contribution in [3.05, 3.63) is 70.0 Å². The second kappa shape index (κ2) is 11.7. The second-order valence-electron chi connectivity index (χ2n) is 10.6. The molecule has 0 saturated carbocycles. The van der Waals surface area contributed by atoms with Gasteiger partial charge in [0.1, 0.15) is 5.82 Å². The number of hydrogen-bond donors (Lipinski definition) is 2. The molecular weight excluding hydrogens is 581 g/mol. The first-order chi connectivity index (χ1) is 18.5. The van der Waals surface area contributed by atoms with E-state index in [0.717, 1.165) is 4.90 Å². The summed E-state index contributed by atoms with van der Waals surface area (Å²) in [6, 6.07) is 3.60. The second-order valence-corrected chi connectivity index (χ2v) is 10.6. The lowest BCUT2D eigenvalue weighted by atomic mass is 9.79. The minimum absolute atomic E-state index is 0. The quantitative estimate of drug-likeness (QED) is 0.420. The standard InChI is InChI=1S/C27H29F7N4O2.ClH/c1-15-9-19(28)3-4-20(15)22-13-25(6-5-21(36-25)23(35)39)7-8-38(22)24(40)37(2)14-16-10-17(26(29,30)31)12-18(11-16)27(32,33)34;/h3-4,9-12,21-22,36H,5-8,13-14H2,1-2H3,(H2,35,39);1H. The van der Waals surface area contributed by atoms with Gasteiger partial charge < -0.3 is 20.9 Å². The van der Waals surface area contributed by atoms with Crippen LogP contribution in [0.15, 0.2) is 36.4 Å². The van der Waals surface area contributed by atoms with Crippen molar-refractivity contribution in [3.63, 3.8) is 0 Å². The molecule has 6 nitrogen and oxygen atoms in total. The summed E-state index contributed by atoms with van der Waals surface area (Å²) in [6.07, 6.45) is -8.11. The largest absolute Gasteiger partial charge is 0.416 e. The highest BCUT2D eigenvalue weighted by atomic mass is 35.5. The number of amides is 3. The zero-order valence-electron chi connectivity index (χ0n) is 22.2. The predicted octanol–water partition coefficient (Wildman–Crippen LogP) is 5.96. The maximum absolute atomic E-state index is 13.9. The normalized spacial score (nSPS) is 22.9. The lowest BCUT2D eigenvalue weighted by Gasteiger charge is -2.47. The Kier molecular flexibility index (Phi) is 9.24. The van der Waals surface area contributed by atoms with E-state index in [2.05, 4.69) is 5.32 Å². The summed E-state index contributed by atoms with van der Waals surface area (Å²) >= 11 is 0. The number of primary amides is 1. The Morgan fingerprint density at radius 3 is 2.17 bits per heavy atom. The summed E-state index contributed by atoms with van der Waals surface area (Å²) in [5.41, 5.74) is 2.91. The minimum Gasteiger partial charge on any atom is -0.368 e. The van der Waals surface area contributed by atoms with Crippen molar-refractivity contribution in [2.45, 2.75) is 69.1 Å². The predicted molar refractivity (Wildman–Crippen MR) is 138 cm³/mol. The maximum Gasteiger partial charge on any atom is 0.416 e. The number of carbonyl (C=O) groups is 2. The molecule has 0 aromatic heterocycles. The first kappa shape index (κ1) is 32.5. The third-order valence-corrected chi connectivity index (χ3v) is 7.76. The summed E-state index contributed by atoms with van der Waals surface area (Å²) in [5, 5.41) is 3.29. The summed E-state index contributed by atoms with van der Waals surface area (Å²) in [5.74, 6) is -0.969. The van der Waals surface area contributed by atoms with Gasteiger partial charge in [-0.05, 0) is 79.6 Å². The molecule has 0 radical (unpaired) electrons. The van der Waals surface area contributed by atoms with Crippen LogP contribution in [0.5, 0.6) is 0 Å². The van der Waals surface area contributed by atoms with Gasteiger partial charge in [0.05, 0.1) is 23.2 Å². The van der Waals surface area contributed by atoms with E-state index in [1.807, 2.05) is 0 Å². The Bertz CT molecular complexity index is 1270. The molecule has 226 valence electrons. The average molecular weight is 611 g/mol. The molecule has 2 aliphatic rings. The van der Waals surface area contributed by atoms with Crippen molar-refractivity contribution in [2.24, 2.45) is 5.73 Å². The number of rotatable bonds is 4. The highest BCUT2D eigenvalue weighted by molar-refractivity contribution is 5.85. The lowest BCUT2D eigenvalue weighted by molar-refractivity contribution is -0.143. The number of aryl methyl sites for hydroxylation is 1. The number of benzene rings is 2. The van der Waals surface area contributed by atoms with Crippen LogP contribution in [-0.2, 0) is 23.7 Å². The Morgan fingerprint density at radius 1 is 1.05 bits per heavy atom. The third kappa shape index (κ3) is 7.06. The van der Waals surface area contributed by atoms with Gasteiger partial charge in [-0.3, -0.25) is 4.79 Å². The minimum atomic E-state index is -5.01. The van der Waals surface area contributed by atoms with Crippen molar-refractivity contribution in [3.8, 4) is 0 Å². The Morgan fingerprint density at radius 2 is 1.66 bits per heavy atom. The Balaban J connectivity index is 0.00000462. The van der Waals surface area contributed by atoms with Crippen LogP contribution in [0.2, 0.25) is 0 Å². The first-order valence-corrected chi connectivity index (χ1v) is 12.6. The third-order valence-electron chi connectivity index (χ3n) is 7.76. The monoisotopic (exact) mass is 610 g/mol. The fourth-order valence-corrected chi connectivity index (χ4v) is 5.77. The van der Waals surface area contributed by atoms with Crippen LogP contribution in [0.1, 0.15) is 59.5 Å². The maximum atomic E-state index is 13.9. The number of hydrogen-bond acceptors (Lipinski definition) is 3. The van der Waals surface area contributed by atoms with Gasteiger partial charge in [-0.1, -0.05) is 6.07 Å². The molecule has 2 heterocycles. The van der Waals surface area contributed by atoms with Gasteiger partial charge in [-0.2, -0.15) is 26.3 Å². The Hall–Kier alpha value is -3.06. The fourth-order valence-electron chi connectivity index (χ4n) is 5.77. The number of nitrogens with zero attached hydrogens (tertiary/aromatic N) is 2. The van der Waals surface area contributed by atoms with Crippen LogP contribution in [0.3, 0.4) is 0 Å². The molecule has 0 bridgehead atoms. The lowest BCUT2D eigenvalue weighted by Crippen LogP contribution is -2.57. The number of halogens is 8. The van der Waals surface area contributed by atoms with Crippen molar-refractivity contribution in [1.29, 1.82) is 0 Å². The molecule has 2 aromatic carbocycles. The van der Waals surface area contributed by atoms with Crippen molar-refractivity contribution in [1.82, 2.24) is 15.1 Å². The van der Waals surface area contributed by atoms with E-state index in [1.54, 1.807) is 13.0 Å². The van der Waals surface area contributed by atoms with Crippen LogP contribution in [0.4, 0.5) is 35.5 Å². The number of nitrogens with two attached hydrogens (primary N) is 1. The zero-order valence-corrected chi connectivity index (χ0v) is 23.0. The molecule has 3 atom stereocenters. The molecule has 2 fully saturated rings. The van der Waals surface area contributed by atoms with Gasteiger partial charge in [0.2, 0.25) is 5.91 Å².